The predicted octanol–water partition coefficient (Wildman–Crippen LogP) is -2.93. The van der Waals surface area contributed by atoms with E-state index in [4.69, 9.17) is 21.9 Å². The molecule has 0 aromatic heterocycles. The number of aliphatic hydroxyl groups excluding tert-OH is 1. The zero-order valence-electron chi connectivity index (χ0n) is 13.7. The van der Waals surface area contributed by atoms with Crippen molar-refractivity contribution in [1.29, 1.82) is 0 Å². The van der Waals surface area contributed by atoms with Crippen molar-refractivity contribution >= 4 is 18.0 Å². The Labute approximate surface area is 143 Å². The Kier molecular flexibility index (Phi) is 3.93. The Hall–Kier alpha value is -2.31. The molecule has 3 unspecified atom stereocenters. The van der Waals surface area contributed by atoms with Crippen molar-refractivity contribution in [2.75, 3.05) is 13.2 Å². The molecule has 1 saturated heterocycles. The lowest BCUT2D eigenvalue weighted by Crippen LogP contribution is -2.76. The number of ether oxygens (including phenoxy) is 1. The number of carbonyl (C=O) groups is 1. The van der Waals surface area contributed by atoms with Crippen LogP contribution in [0.3, 0.4) is 0 Å². The van der Waals surface area contributed by atoms with Crippen LogP contribution in [0.5, 0.6) is 0 Å². The Bertz CT molecular complexity index is 638. The molecule has 25 heavy (non-hydrogen) atoms. The summed E-state index contributed by atoms with van der Waals surface area (Å²) < 4.78 is 4.82. The maximum Gasteiger partial charge on any atom is 0.404 e. The van der Waals surface area contributed by atoms with Crippen molar-refractivity contribution in [2.45, 2.75) is 49.2 Å². The van der Waals surface area contributed by atoms with E-state index in [2.05, 4.69) is 9.98 Å². The van der Waals surface area contributed by atoms with Gasteiger partial charge in [-0.2, -0.15) is 5.06 Å². The van der Waals surface area contributed by atoms with Gasteiger partial charge in [0.1, 0.15) is 24.3 Å². The quantitative estimate of drug-likeness (QED) is 0.305. The highest BCUT2D eigenvalue weighted by Gasteiger charge is 2.73. The van der Waals surface area contributed by atoms with E-state index in [1.807, 2.05) is 0 Å². The SMILES string of the molecule is C[C@]1(O)CC(CCO)N2C(N)=N[C@@H](COC(N)=O)C3N=C(N)N(O)C321. The van der Waals surface area contributed by atoms with E-state index < -0.39 is 29.4 Å². The van der Waals surface area contributed by atoms with Crippen LogP contribution in [0.4, 0.5) is 4.79 Å². The summed E-state index contributed by atoms with van der Waals surface area (Å²) in [5.74, 6) is -0.191. The molecule has 0 aromatic carbocycles. The Balaban J connectivity index is 2.10. The molecule has 5 atom stereocenters. The topological polar surface area (TPSA) is 196 Å². The second-order valence-electron chi connectivity index (χ2n) is 6.67. The molecule has 0 bridgehead atoms. The number of nitrogens with two attached hydrogens (primary N) is 3. The molecule has 9 N–H and O–H groups in total. The second-order valence-corrected chi connectivity index (χ2v) is 6.67. The average Bonchev–Trinajstić information content (AvgIpc) is 2.91. The molecule has 1 amide bonds. The molecule has 0 saturated carbocycles. The molecule has 3 rings (SSSR count). The summed E-state index contributed by atoms with van der Waals surface area (Å²) in [7, 11) is 0. The van der Waals surface area contributed by atoms with Crippen LogP contribution < -0.4 is 17.2 Å². The number of aliphatic hydroxyl groups is 2. The van der Waals surface area contributed by atoms with Crippen LogP contribution in [0, 0.1) is 0 Å². The van der Waals surface area contributed by atoms with Crippen LogP contribution in [-0.2, 0) is 4.74 Å². The molecule has 3 aliphatic rings. The maximum atomic E-state index is 11.2. The first-order valence-corrected chi connectivity index (χ1v) is 7.87. The van der Waals surface area contributed by atoms with Gasteiger partial charge in [-0.25, -0.2) is 14.8 Å². The number of hydrogen-bond donors (Lipinski definition) is 6. The minimum absolute atomic E-state index is 0.0227. The van der Waals surface area contributed by atoms with E-state index >= 15 is 0 Å². The molecule has 0 aliphatic carbocycles. The molecule has 1 spiro atoms. The lowest BCUT2D eigenvalue weighted by atomic mass is 9.80. The van der Waals surface area contributed by atoms with E-state index in [1.165, 1.54) is 11.8 Å². The first kappa shape index (κ1) is 17.5. The highest BCUT2D eigenvalue weighted by Crippen LogP contribution is 2.52. The van der Waals surface area contributed by atoms with Crippen molar-refractivity contribution < 1.29 is 25.0 Å². The number of aliphatic imine (C=N–C) groups is 2. The third-order valence-corrected chi connectivity index (χ3v) is 5.15. The van der Waals surface area contributed by atoms with Crippen molar-refractivity contribution in [1.82, 2.24) is 9.96 Å². The number of carbonyl (C=O) groups excluding carboxylic acids is 1. The third kappa shape index (κ3) is 2.21. The van der Waals surface area contributed by atoms with Gasteiger partial charge in [-0.15, -0.1) is 0 Å². The zero-order chi connectivity index (χ0) is 18.6. The smallest absolute Gasteiger partial charge is 0.404 e. The molecular formula is C13H23N7O5. The molecule has 12 heteroatoms. The van der Waals surface area contributed by atoms with Gasteiger partial charge < -0.3 is 37.1 Å². The normalized spacial score (nSPS) is 39.6. The molecule has 3 aliphatic heterocycles. The van der Waals surface area contributed by atoms with Crippen molar-refractivity contribution in [3.8, 4) is 0 Å². The van der Waals surface area contributed by atoms with E-state index in [1.54, 1.807) is 0 Å². The summed E-state index contributed by atoms with van der Waals surface area (Å²) in [6, 6.07) is -2.04. The molecule has 140 valence electrons. The van der Waals surface area contributed by atoms with E-state index in [9.17, 15) is 20.2 Å². The Morgan fingerprint density at radius 2 is 2.08 bits per heavy atom. The molecule has 0 aromatic rings. The monoisotopic (exact) mass is 357 g/mol. The van der Waals surface area contributed by atoms with Crippen LogP contribution in [0.2, 0.25) is 0 Å². The standard InChI is InChI=1S/C13H23N7O5/c1-12(23)4-6(2-3-21)19-9(14)17-7(5-25-11(16)22)8-13(12,19)20(24)10(15)18-8/h6-8,21,23-24H,2-5H2,1H3,(H2,14,17)(H2,15,18)(H2,16,22)/t6?,7-,8?,12-,13?/m0/s1. The number of amides is 1. The fourth-order valence-electron chi connectivity index (χ4n) is 4.31. The number of guanidine groups is 2. The Morgan fingerprint density at radius 3 is 2.68 bits per heavy atom. The molecule has 0 radical (unpaired) electrons. The molecular weight excluding hydrogens is 334 g/mol. The number of hydroxylamine groups is 2. The summed E-state index contributed by atoms with van der Waals surface area (Å²) in [6.45, 7) is 1.16. The van der Waals surface area contributed by atoms with E-state index in [0.717, 1.165) is 0 Å². The lowest BCUT2D eigenvalue weighted by Gasteiger charge is -2.52. The van der Waals surface area contributed by atoms with Gasteiger partial charge in [-0.3, -0.25) is 5.21 Å². The van der Waals surface area contributed by atoms with Gasteiger partial charge in [0.05, 0.1) is 0 Å². The minimum atomic E-state index is -1.52. The number of primary amides is 1. The summed E-state index contributed by atoms with van der Waals surface area (Å²) in [6.07, 6.45) is -0.488. The zero-order valence-corrected chi connectivity index (χ0v) is 13.7. The van der Waals surface area contributed by atoms with Gasteiger partial charge in [0, 0.05) is 19.1 Å². The molecule has 1 fully saturated rings. The molecule has 3 heterocycles. The van der Waals surface area contributed by atoms with Crippen LogP contribution in [-0.4, -0.2) is 86.0 Å². The fourth-order valence-corrected chi connectivity index (χ4v) is 4.31. The minimum Gasteiger partial charge on any atom is -0.447 e. The average molecular weight is 357 g/mol. The van der Waals surface area contributed by atoms with Crippen LogP contribution >= 0.6 is 0 Å². The third-order valence-electron chi connectivity index (χ3n) is 5.15. The first-order valence-electron chi connectivity index (χ1n) is 7.87. The van der Waals surface area contributed by atoms with Gasteiger partial charge in [-0.05, 0) is 13.3 Å². The van der Waals surface area contributed by atoms with Gasteiger partial charge >= 0.3 is 6.09 Å². The van der Waals surface area contributed by atoms with Gasteiger partial charge in [0.15, 0.2) is 11.6 Å². The molecule has 12 nitrogen and oxygen atoms in total. The van der Waals surface area contributed by atoms with Gasteiger partial charge in [0.25, 0.3) is 0 Å². The number of rotatable bonds is 4. The largest absolute Gasteiger partial charge is 0.447 e. The van der Waals surface area contributed by atoms with Gasteiger partial charge in [0.2, 0.25) is 5.96 Å². The summed E-state index contributed by atoms with van der Waals surface area (Å²) in [5, 5.41) is 31.8. The fraction of sp³-hybridized carbons (Fsp3) is 0.769. The van der Waals surface area contributed by atoms with Crippen LogP contribution in [0.15, 0.2) is 9.98 Å². The predicted molar refractivity (Wildman–Crippen MR) is 85.3 cm³/mol. The van der Waals surface area contributed by atoms with Crippen molar-refractivity contribution in [3.63, 3.8) is 0 Å². The summed E-state index contributed by atoms with van der Waals surface area (Å²) in [5.41, 5.74) is 13.9. The second kappa shape index (κ2) is 5.61. The maximum absolute atomic E-state index is 11.2. The first-order chi connectivity index (χ1) is 11.7. The summed E-state index contributed by atoms with van der Waals surface area (Å²) in [4.78, 5) is 21.0. The van der Waals surface area contributed by atoms with Crippen LogP contribution in [0.25, 0.3) is 0 Å². The van der Waals surface area contributed by atoms with Gasteiger partial charge in [-0.1, -0.05) is 0 Å². The number of nitrogens with zero attached hydrogens (tertiary/aromatic N) is 4. The number of hydrogen-bond acceptors (Lipinski definition) is 11. The van der Waals surface area contributed by atoms with E-state index in [0.29, 0.717) is 11.5 Å². The highest BCUT2D eigenvalue weighted by molar-refractivity contribution is 5.87. The van der Waals surface area contributed by atoms with Crippen molar-refractivity contribution in [2.24, 2.45) is 27.2 Å². The lowest BCUT2D eigenvalue weighted by molar-refractivity contribution is -0.218. The Morgan fingerprint density at radius 1 is 1.40 bits per heavy atom. The summed E-state index contributed by atoms with van der Waals surface area (Å²) >= 11 is 0. The van der Waals surface area contributed by atoms with Crippen LogP contribution in [0.1, 0.15) is 19.8 Å². The van der Waals surface area contributed by atoms with E-state index in [-0.39, 0.29) is 37.6 Å². The highest BCUT2D eigenvalue weighted by atomic mass is 16.5. The van der Waals surface area contributed by atoms with Crippen molar-refractivity contribution in [3.05, 3.63) is 0 Å².